The average Bonchev–Trinajstić information content (AvgIpc) is 1.54. The van der Waals surface area contributed by atoms with Gasteiger partial charge in [0, 0.05) is 18.2 Å². The third kappa shape index (κ3) is 16.1. The molecular formula is C93H76O21. The van der Waals surface area contributed by atoms with Crippen LogP contribution in [0.5, 0.6) is 17.2 Å². The SMILES string of the molecule is C=CC(=O)OC(COC(=O)c1cc(-c2ccc(C(=O)O)c(C(=O)OCC(COc3ccc(C4(c5ccc(OCC(COC(=O)C6CC=CCC6C(=O)O)OC(=O)C=C)cc5)c5ccccc5-c5ccccc54)cc3)OC(=O)C=C)c2)ccc1C(=O)O)COc1ccc(C2(c3ccc(C)cc3)c3ccccc3-c3ccccc32)cc1. The maximum absolute atomic E-state index is 14.2. The Hall–Kier alpha value is -14.2. The van der Waals surface area contributed by atoms with Crippen LogP contribution in [0.25, 0.3) is 33.4 Å². The molecule has 574 valence electrons. The fourth-order valence-electron chi connectivity index (χ4n) is 15.1. The van der Waals surface area contributed by atoms with E-state index >= 15 is 0 Å². The number of rotatable bonds is 32. The molecule has 21 nitrogen and oxygen atoms in total. The number of hydrogen-bond donors (Lipinski definition) is 3. The van der Waals surface area contributed by atoms with Crippen LogP contribution in [-0.2, 0) is 63.2 Å². The molecule has 3 aliphatic rings. The number of carboxylic acids is 3. The van der Waals surface area contributed by atoms with Gasteiger partial charge in [-0.2, -0.15) is 0 Å². The maximum Gasteiger partial charge on any atom is 0.339 e. The number of carboxylic acid groups (broad SMARTS) is 3. The standard InChI is InChI=1S/C93H76O21/c1-5-83(94)112-66(53-109-89(103)76-23-9-8-22-73(76)86(97)98)50-106-64-42-36-61(37-43-64)93(81-26-16-12-20-71(81)72-21-13-17-27-82(72)93)62-38-44-65(45-39-62)108-52-68(114-85(96)7-3)55-111-91(105)78-49-58(31-47-75(78)88(101)102)57-30-46-74(87(99)100)77(48-57)90(104)110-54-67(113-84(95)6-2)51-107-63-40-34-60(35-41-63)92(59-32-28-56(4)29-33-59)79-24-14-10-18-69(79)70-19-11-15-25-80(70)92/h5-21,24-49,66-68,73,76H,1-3,22-23,50-55H2,4H3,(H,97,98)(H,99,100)(H,101,102). The molecule has 0 saturated heterocycles. The number of hydrogen-bond acceptors (Lipinski definition) is 18. The molecule has 10 aromatic carbocycles. The van der Waals surface area contributed by atoms with Crippen LogP contribution in [0.15, 0.2) is 281 Å². The molecule has 3 N–H and O–H groups in total. The first-order valence-corrected chi connectivity index (χ1v) is 36.5. The second kappa shape index (κ2) is 34.4. The molecule has 13 rings (SSSR count). The van der Waals surface area contributed by atoms with Gasteiger partial charge in [-0.15, -0.1) is 0 Å². The summed E-state index contributed by atoms with van der Waals surface area (Å²) in [5.41, 5.74) is 9.95. The number of benzene rings is 10. The van der Waals surface area contributed by atoms with Gasteiger partial charge in [-0.3, -0.25) is 9.59 Å². The quantitative estimate of drug-likeness (QED) is 0.0153. The molecule has 0 spiro atoms. The van der Waals surface area contributed by atoms with Crippen LogP contribution in [0.3, 0.4) is 0 Å². The van der Waals surface area contributed by atoms with Crippen molar-refractivity contribution in [2.45, 2.75) is 48.9 Å². The van der Waals surface area contributed by atoms with Crippen molar-refractivity contribution in [3.8, 4) is 50.6 Å². The summed E-state index contributed by atoms with van der Waals surface area (Å²) in [6.07, 6.45) is 2.97. The fourth-order valence-corrected chi connectivity index (χ4v) is 15.1. The van der Waals surface area contributed by atoms with E-state index in [0.29, 0.717) is 17.2 Å². The minimum absolute atomic E-state index is 0.140. The summed E-state index contributed by atoms with van der Waals surface area (Å²) in [6, 6.07) is 70.6. The second-order valence-electron chi connectivity index (χ2n) is 27.3. The first-order chi connectivity index (χ1) is 55.2. The predicted octanol–water partition coefficient (Wildman–Crippen LogP) is 15.1. The third-order valence-corrected chi connectivity index (χ3v) is 20.4. The zero-order chi connectivity index (χ0) is 80.2. The molecule has 10 aromatic rings. The lowest BCUT2D eigenvalue weighted by Gasteiger charge is -2.34. The molecule has 0 bridgehead atoms. The Bertz CT molecular complexity index is 5330. The van der Waals surface area contributed by atoms with E-state index in [1.54, 1.807) is 48.6 Å². The second-order valence-corrected chi connectivity index (χ2v) is 27.3. The molecule has 5 unspecified atom stereocenters. The summed E-state index contributed by atoms with van der Waals surface area (Å²) in [4.78, 5) is 117. The van der Waals surface area contributed by atoms with Gasteiger partial charge in [0.1, 0.15) is 56.9 Å². The Morgan fingerprint density at radius 3 is 1.00 bits per heavy atom. The van der Waals surface area contributed by atoms with Crippen molar-refractivity contribution in [2.75, 3.05) is 39.6 Å². The maximum atomic E-state index is 14.2. The molecular weight excluding hydrogens is 1450 g/mol. The van der Waals surface area contributed by atoms with E-state index in [9.17, 15) is 58.5 Å². The van der Waals surface area contributed by atoms with Crippen LogP contribution in [-0.4, -0.2) is 127 Å². The molecule has 0 aliphatic heterocycles. The van der Waals surface area contributed by atoms with Crippen molar-refractivity contribution in [1.82, 2.24) is 0 Å². The number of aromatic carboxylic acids is 2. The average molecular weight is 1530 g/mol. The molecule has 0 fully saturated rings. The van der Waals surface area contributed by atoms with Crippen molar-refractivity contribution in [1.29, 1.82) is 0 Å². The van der Waals surface area contributed by atoms with Crippen molar-refractivity contribution in [2.24, 2.45) is 11.8 Å². The monoisotopic (exact) mass is 1530 g/mol. The third-order valence-electron chi connectivity index (χ3n) is 20.4. The molecule has 0 radical (unpaired) electrons. The van der Waals surface area contributed by atoms with E-state index in [1.807, 2.05) is 104 Å². The Kier molecular flexibility index (Phi) is 23.5. The fraction of sp³-hybridized carbons (Fsp3) is 0.172. The van der Waals surface area contributed by atoms with E-state index in [0.717, 1.165) is 103 Å². The first-order valence-electron chi connectivity index (χ1n) is 36.5. The Balaban J connectivity index is 0.685. The van der Waals surface area contributed by atoms with Crippen LogP contribution < -0.4 is 14.2 Å². The molecule has 3 aliphatic carbocycles. The van der Waals surface area contributed by atoms with E-state index < -0.39 is 137 Å². The van der Waals surface area contributed by atoms with Crippen LogP contribution in [0.1, 0.15) is 104 Å². The molecule has 0 amide bonds. The number of ether oxygens (including phenoxy) is 9. The van der Waals surface area contributed by atoms with Crippen LogP contribution in [0, 0.1) is 18.8 Å². The highest BCUT2D eigenvalue weighted by Crippen LogP contribution is 2.58. The number of aliphatic carboxylic acids is 1. The lowest BCUT2D eigenvalue weighted by Crippen LogP contribution is -2.36. The van der Waals surface area contributed by atoms with Crippen molar-refractivity contribution < 1.29 is 101 Å². The number of carbonyl (C=O) groups is 9. The minimum atomic E-state index is -1.51. The molecule has 0 aromatic heterocycles. The highest BCUT2D eigenvalue weighted by atomic mass is 16.6. The minimum Gasteiger partial charge on any atom is -0.490 e. The van der Waals surface area contributed by atoms with Crippen molar-refractivity contribution in [3.63, 3.8) is 0 Å². The van der Waals surface area contributed by atoms with Gasteiger partial charge in [-0.05, 0) is 158 Å². The van der Waals surface area contributed by atoms with Crippen molar-refractivity contribution in [3.05, 3.63) is 353 Å². The predicted molar refractivity (Wildman–Crippen MR) is 419 cm³/mol. The van der Waals surface area contributed by atoms with Gasteiger partial charge < -0.3 is 58.0 Å². The Morgan fingerprint density at radius 1 is 0.377 bits per heavy atom. The van der Waals surface area contributed by atoms with Gasteiger partial charge >= 0.3 is 53.7 Å². The lowest BCUT2D eigenvalue weighted by molar-refractivity contribution is -0.164. The molecule has 21 heteroatoms. The van der Waals surface area contributed by atoms with Gasteiger partial charge in [0.05, 0.1) is 44.9 Å². The number of aryl methyl sites for hydroxylation is 1. The van der Waals surface area contributed by atoms with E-state index in [-0.39, 0.29) is 43.8 Å². The van der Waals surface area contributed by atoms with Gasteiger partial charge in [-0.1, -0.05) is 207 Å². The summed E-state index contributed by atoms with van der Waals surface area (Å²) in [5, 5.41) is 30.4. The van der Waals surface area contributed by atoms with Gasteiger partial charge in [0.25, 0.3) is 0 Å². The molecule has 5 atom stereocenters. The number of allylic oxidation sites excluding steroid dienone is 2. The van der Waals surface area contributed by atoms with Gasteiger partial charge in [0.15, 0.2) is 18.3 Å². The van der Waals surface area contributed by atoms with E-state index in [1.165, 1.54) is 24.3 Å². The molecule has 0 saturated carbocycles. The smallest absolute Gasteiger partial charge is 0.339 e. The topological polar surface area (TPSA) is 297 Å². The van der Waals surface area contributed by atoms with Gasteiger partial charge in [-0.25, -0.2) is 33.6 Å². The highest BCUT2D eigenvalue weighted by Gasteiger charge is 2.48. The van der Waals surface area contributed by atoms with E-state index in [4.69, 9.17) is 42.6 Å². The van der Waals surface area contributed by atoms with Crippen LogP contribution >= 0.6 is 0 Å². The molecule has 114 heavy (non-hydrogen) atoms. The number of fused-ring (bicyclic) bond motifs is 6. The number of esters is 6. The Morgan fingerprint density at radius 2 is 0.684 bits per heavy atom. The van der Waals surface area contributed by atoms with Gasteiger partial charge in [0.2, 0.25) is 0 Å². The van der Waals surface area contributed by atoms with E-state index in [2.05, 4.69) is 80.4 Å². The zero-order valence-corrected chi connectivity index (χ0v) is 61.7. The zero-order valence-electron chi connectivity index (χ0n) is 61.7. The normalized spacial score (nSPS) is 15.0. The van der Waals surface area contributed by atoms with Crippen LogP contribution in [0.2, 0.25) is 0 Å². The number of carbonyl (C=O) groups excluding carboxylic acids is 6. The first kappa shape index (κ1) is 77.9. The summed E-state index contributed by atoms with van der Waals surface area (Å²) < 4.78 is 52.1. The lowest BCUT2D eigenvalue weighted by atomic mass is 9.67. The Labute approximate surface area is 655 Å². The highest BCUT2D eigenvalue weighted by molar-refractivity contribution is 6.05. The molecule has 0 heterocycles. The summed E-state index contributed by atoms with van der Waals surface area (Å²) in [6.45, 7) is 9.90. The van der Waals surface area contributed by atoms with Crippen LogP contribution in [0.4, 0.5) is 0 Å². The summed E-state index contributed by atoms with van der Waals surface area (Å²) >= 11 is 0. The largest absolute Gasteiger partial charge is 0.490 e. The van der Waals surface area contributed by atoms with Crippen molar-refractivity contribution >= 4 is 53.7 Å². The summed E-state index contributed by atoms with van der Waals surface area (Å²) in [5.74, 6) is -10.5. The summed E-state index contributed by atoms with van der Waals surface area (Å²) in [7, 11) is 0.